The van der Waals surface area contributed by atoms with Crippen LogP contribution in [0.15, 0.2) is 18.2 Å². The van der Waals surface area contributed by atoms with Crippen molar-refractivity contribution < 1.29 is 0 Å². The van der Waals surface area contributed by atoms with Gasteiger partial charge in [-0.3, -0.25) is 0 Å². The number of anilines is 1. The summed E-state index contributed by atoms with van der Waals surface area (Å²) in [6.45, 7) is 11.1. The molecule has 1 aromatic rings. The molecule has 2 nitrogen and oxygen atoms in total. The van der Waals surface area contributed by atoms with E-state index in [1.807, 2.05) is 6.07 Å². The van der Waals surface area contributed by atoms with Crippen molar-refractivity contribution in [1.29, 1.82) is 0 Å². The van der Waals surface area contributed by atoms with Gasteiger partial charge in [-0.1, -0.05) is 38.4 Å². The second-order valence-electron chi connectivity index (χ2n) is 6.10. The Balaban J connectivity index is 2.16. The molecule has 0 bridgehead atoms. The lowest BCUT2D eigenvalue weighted by molar-refractivity contribution is 0.323. The van der Waals surface area contributed by atoms with Crippen LogP contribution in [0, 0.1) is 11.8 Å². The summed E-state index contributed by atoms with van der Waals surface area (Å²) in [6, 6.07) is 6.30. The van der Waals surface area contributed by atoms with Crippen LogP contribution in [-0.4, -0.2) is 19.6 Å². The zero-order valence-electron chi connectivity index (χ0n) is 13.0. The predicted octanol–water partition coefficient (Wildman–Crippen LogP) is 4.32. The van der Waals surface area contributed by atoms with E-state index in [4.69, 9.17) is 11.6 Å². The zero-order chi connectivity index (χ0) is 14.5. The van der Waals surface area contributed by atoms with Gasteiger partial charge in [-0.05, 0) is 43.4 Å². The Hall–Kier alpha value is -0.730. The first-order valence-electron chi connectivity index (χ1n) is 7.86. The van der Waals surface area contributed by atoms with Crippen molar-refractivity contribution in [3.05, 3.63) is 28.8 Å². The minimum atomic E-state index is 0.749. The molecule has 1 aliphatic heterocycles. The van der Waals surface area contributed by atoms with Gasteiger partial charge in [-0.25, -0.2) is 0 Å². The molecule has 2 rings (SSSR count). The van der Waals surface area contributed by atoms with E-state index < -0.39 is 0 Å². The predicted molar refractivity (Wildman–Crippen MR) is 88.6 cm³/mol. The van der Waals surface area contributed by atoms with Gasteiger partial charge in [0, 0.05) is 35.9 Å². The normalized spacial score (nSPS) is 23.1. The summed E-state index contributed by atoms with van der Waals surface area (Å²) in [5.41, 5.74) is 2.57. The molecule has 1 aliphatic rings. The molecule has 0 aromatic heterocycles. The first-order chi connectivity index (χ1) is 9.63. The Kier molecular flexibility index (Phi) is 5.74. The van der Waals surface area contributed by atoms with Crippen molar-refractivity contribution in [3.8, 4) is 0 Å². The molecule has 0 saturated carbocycles. The molecule has 0 spiro atoms. The molecule has 20 heavy (non-hydrogen) atoms. The van der Waals surface area contributed by atoms with Crippen LogP contribution in [0.25, 0.3) is 0 Å². The molecule has 1 aromatic carbocycles. The fraction of sp³-hybridized carbons (Fsp3) is 0.647. The highest BCUT2D eigenvalue weighted by Gasteiger charge is 2.24. The molecule has 112 valence electrons. The smallest absolute Gasteiger partial charge is 0.0471 e. The number of piperidine rings is 1. The van der Waals surface area contributed by atoms with E-state index in [1.165, 1.54) is 17.7 Å². The van der Waals surface area contributed by atoms with Gasteiger partial charge in [0.1, 0.15) is 0 Å². The monoisotopic (exact) mass is 294 g/mol. The van der Waals surface area contributed by atoms with Gasteiger partial charge in [0.15, 0.2) is 0 Å². The van der Waals surface area contributed by atoms with Crippen LogP contribution in [0.1, 0.15) is 39.2 Å². The summed E-state index contributed by atoms with van der Waals surface area (Å²) in [5, 5.41) is 4.37. The Labute approximate surface area is 128 Å². The number of nitrogens with zero attached hydrogens (tertiary/aromatic N) is 1. The second-order valence-corrected chi connectivity index (χ2v) is 6.51. The Bertz CT molecular complexity index is 433. The van der Waals surface area contributed by atoms with E-state index in [-0.39, 0.29) is 0 Å². The van der Waals surface area contributed by atoms with Gasteiger partial charge in [-0.15, -0.1) is 0 Å². The zero-order valence-corrected chi connectivity index (χ0v) is 13.7. The van der Waals surface area contributed by atoms with Gasteiger partial charge in [0.05, 0.1) is 0 Å². The van der Waals surface area contributed by atoms with Crippen LogP contribution in [0.3, 0.4) is 0 Å². The third kappa shape index (κ3) is 3.67. The van der Waals surface area contributed by atoms with Gasteiger partial charge in [0.25, 0.3) is 0 Å². The fourth-order valence-electron chi connectivity index (χ4n) is 2.89. The molecule has 0 radical (unpaired) electrons. The maximum Gasteiger partial charge on any atom is 0.0471 e. The number of hydrogen-bond acceptors (Lipinski definition) is 2. The lowest BCUT2D eigenvalue weighted by Crippen LogP contribution is -2.39. The van der Waals surface area contributed by atoms with Crippen LogP contribution in [0.2, 0.25) is 5.02 Å². The Morgan fingerprint density at radius 1 is 1.30 bits per heavy atom. The number of rotatable bonds is 5. The average molecular weight is 295 g/mol. The fourth-order valence-corrected chi connectivity index (χ4v) is 3.13. The summed E-state index contributed by atoms with van der Waals surface area (Å²) in [6.07, 6.45) is 2.42. The summed E-state index contributed by atoms with van der Waals surface area (Å²) in [7, 11) is 0. The molecule has 1 fully saturated rings. The largest absolute Gasteiger partial charge is 0.371 e. The highest BCUT2D eigenvalue weighted by Crippen LogP contribution is 2.32. The SMILES string of the molecule is CCCNCc1c(Cl)cccc1N1CCC(C)C(C)C1. The second kappa shape index (κ2) is 7.33. The topological polar surface area (TPSA) is 15.3 Å². The van der Waals surface area contributed by atoms with Gasteiger partial charge >= 0.3 is 0 Å². The van der Waals surface area contributed by atoms with Crippen LogP contribution in [0.5, 0.6) is 0 Å². The van der Waals surface area contributed by atoms with Crippen LogP contribution < -0.4 is 10.2 Å². The number of hydrogen-bond donors (Lipinski definition) is 1. The van der Waals surface area contributed by atoms with E-state index in [1.54, 1.807) is 0 Å². The van der Waals surface area contributed by atoms with E-state index in [0.29, 0.717) is 0 Å². The van der Waals surface area contributed by atoms with Crippen molar-refractivity contribution >= 4 is 17.3 Å². The maximum absolute atomic E-state index is 6.43. The van der Waals surface area contributed by atoms with Gasteiger partial charge in [-0.2, -0.15) is 0 Å². The van der Waals surface area contributed by atoms with E-state index in [0.717, 1.165) is 49.5 Å². The lowest BCUT2D eigenvalue weighted by Gasteiger charge is -2.38. The third-order valence-corrected chi connectivity index (χ3v) is 4.85. The maximum atomic E-state index is 6.43. The van der Waals surface area contributed by atoms with Crippen molar-refractivity contribution in [2.24, 2.45) is 11.8 Å². The molecule has 1 N–H and O–H groups in total. The number of nitrogens with one attached hydrogen (secondary N) is 1. The van der Waals surface area contributed by atoms with Crippen LogP contribution in [-0.2, 0) is 6.54 Å². The molecule has 1 saturated heterocycles. The summed E-state index contributed by atoms with van der Waals surface area (Å²) >= 11 is 6.43. The lowest BCUT2D eigenvalue weighted by atomic mass is 9.88. The molecule has 2 atom stereocenters. The molecule has 0 amide bonds. The van der Waals surface area contributed by atoms with Crippen molar-refractivity contribution in [2.75, 3.05) is 24.5 Å². The van der Waals surface area contributed by atoms with E-state index in [9.17, 15) is 0 Å². The minimum absolute atomic E-state index is 0.749. The quantitative estimate of drug-likeness (QED) is 0.814. The van der Waals surface area contributed by atoms with Crippen molar-refractivity contribution in [2.45, 2.75) is 40.2 Å². The third-order valence-electron chi connectivity index (χ3n) is 4.50. The molecular weight excluding hydrogens is 268 g/mol. The van der Waals surface area contributed by atoms with E-state index >= 15 is 0 Å². The Morgan fingerprint density at radius 2 is 2.10 bits per heavy atom. The molecule has 3 heteroatoms. The highest BCUT2D eigenvalue weighted by molar-refractivity contribution is 6.31. The van der Waals surface area contributed by atoms with Crippen molar-refractivity contribution in [1.82, 2.24) is 5.32 Å². The summed E-state index contributed by atoms with van der Waals surface area (Å²) in [5.74, 6) is 1.58. The molecule has 2 unspecified atom stereocenters. The van der Waals surface area contributed by atoms with Crippen LogP contribution >= 0.6 is 11.6 Å². The first kappa shape index (κ1) is 15.7. The standard InChI is InChI=1S/C17H27ClN2/c1-4-9-19-11-15-16(18)6-5-7-17(15)20-10-8-13(2)14(3)12-20/h5-7,13-14,19H,4,8-12H2,1-3H3. The molecular formula is C17H27ClN2. The summed E-state index contributed by atoms with van der Waals surface area (Å²) < 4.78 is 0. The minimum Gasteiger partial charge on any atom is -0.371 e. The van der Waals surface area contributed by atoms with E-state index in [2.05, 4.69) is 43.1 Å². The number of halogens is 1. The van der Waals surface area contributed by atoms with Crippen molar-refractivity contribution in [3.63, 3.8) is 0 Å². The Morgan fingerprint density at radius 3 is 2.80 bits per heavy atom. The first-order valence-corrected chi connectivity index (χ1v) is 8.24. The van der Waals surface area contributed by atoms with Gasteiger partial charge < -0.3 is 10.2 Å². The molecule has 0 aliphatic carbocycles. The highest BCUT2D eigenvalue weighted by atomic mass is 35.5. The summed E-state index contributed by atoms with van der Waals surface area (Å²) in [4.78, 5) is 2.51. The average Bonchev–Trinajstić information content (AvgIpc) is 2.44. The molecule has 1 heterocycles. The van der Waals surface area contributed by atoms with Gasteiger partial charge in [0.2, 0.25) is 0 Å². The number of benzene rings is 1. The van der Waals surface area contributed by atoms with Crippen LogP contribution in [0.4, 0.5) is 5.69 Å².